The molecular formula is C14H10BrClN2O. The smallest absolute Gasteiger partial charge is 0.306 e. The third kappa shape index (κ3) is 2.33. The Bertz CT molecular complexity index is 793. The van der Waals surface area contributed by atoms with Crippen molar-refractivity contribution in [3.63, 3.8) is 0 Å². The first kappa shape index (κ1) is 12.5. The Morgan fingerprint density at radius 2 is 1.79 bits per heavy atom. The molecule has 96 valence electrons. The van der Waals surface area contributed by atoms with Crippen molar-refractivity contribution in [2.24, 2.45) is 0 Å². The summed E-state index contributed by atoms with van der Waals surface area (Å²) in [5.41, 5.74) is 3.28. The molecule has 3 aromatic rings. The van der Waals surface area contributed by atoms with Crippen molar-refractivity contribution in [3.8, 4) is 0 Å². The number of aromatic amines is 2. The third-order valence-corrected chi connectivity index (χ3v) is 4.22. The van der Waals surface area contributed by atoms with Crippen LogP contribution in [0.5, 0.6) is 0 Å². The van der Waals surface area contributed by atoms with Crippen LogP contribution in [0, 0.1) is 0 Å². The van der Waals surface area contributed by atoms with Crippen LogP contribution >= 0.6 is 27.5 Å². The van der Waals surface area contributed by atoms with E-state index in [1.165, 1.54) is 0 Å². The Labute approximate surface area is 122 Å². The SMILES string of the molecule is O=c1[nH]c2ccc(C(Cl)c3ccccc3Br)cc2[nH]1. The minimum absolute atomic E-state index is 0.209. The summed E-state index contributed by atoms with van der Waals surface area (Å²) in [7, 11) is 0. The van der Waals surface area contributed by atoms with Crippen LogP contribution in [0.4, 0.5) is 0 Å². The van der Waals surface area contributed by atoms with Crippen LogP contribution in [-0.2, 0) is 0 Å². The normalized spacial score (nSPS) is 12.7. The summed E-state index contributed by atoms with van der Waals surface area (Å²) >= 11 is 10.0. The van der Waals surface area contributed by atoms with E-state index in [1.807, 2.05) is 42.5 Å². The van der Waals surface area contributed by atoms with E-state index in [0.717, 1.165) is 26.6 Å². The minimum atomic E-state index is -0.265. The molecule has 3 rings (SSSR count). The maximum absolute atomic E-state index is 11.2. The van der Waals surface area contributed by atoms with Gasteiger partial charge in [-0.15, -0.1) is 11.6 Å². The molecule has 0 radical (unpaired) electrons. The van der Waals surface area contributed by atoms with Crippen molar-refractivity contribution in [2.75, 3.05) is 0 Å². The van der Waals surface area contributed by atoms with E-state index in [9.17, 15) is 4.79 Å². The predicted octanol–water partition coefficient (Wildman–Crippen LogP) is 3.95. The molecule has 3 nitrogen and oxygen atoms in total. The summed E-state index contributed by atoms with van der Waals surface area (Å²) in [6.07, 6.45) is 0. The van der Waals surface area contributed by atoms with E-state index in [4.69, 9.17) is 11.6 Å². The molecule has 0 amide bonds. The van der Waals surface area contributed by atoms with Crippen LogP contribution in [0.1, 0.15) is 16.5 Å². The lowest BCUT2D eigenvalue weighted by atomic mass is 10.0. The molecule has 0 aliphatic carbocycles. The maximum Gasteiger partial charge on any atom is 0.323 e. The number of hydrogen-bond donors (Lipinski definition) is 2. The average molecular weight is 338 g/mol. The van der Waals surface area contributed by atoms with Gasteiger partial charge in [-0.1, -0.05) is 40.2 Å². The standard InChI is InChI=1S/C14H10BrClN2O/c15-10-4-2-1-3-9(10)13(16)8-5-6-11-12(7-8)18-14(19)17-11/h1-7,13H,(H2,17,18,19). The molecule has 0 saturated heterocycles. The fourth-order valence-corrected chi connectivity index (χ4v) is 3.04. The highest BCUT2D eigenvalue weighted by molar-refractivity contribution is 9.10. The van der Waals surface area contributed by atoms with Gasteiger partial charge in [0.25, 0.3) is 0 Å². The highest BCUT2D eigenvalue weighted by atomic mass is 79.9. The van der Waals surface area contributed by atoms with Gasteiger partial charge in [-0.2, -0.15) is 0 Å². The summed E-state index contributed by atoms with van der Waals surface area (Å²) < 4.78 is 0.970. The highest BCUT2D eigenvalue weighted by Crippen LogP contribution is 2.34. The molecule has 0 saturated carbocycles. The second-order valence-electron chi connectivity index (χ2n) is 4.27. The number of benzene rings is 2. The zero-order chi connectivity index (χ0) is 13.4. The number of fused-ring (bicyclic) bond motifs is 1. The molecule has 5 heteroatoms. The van der Waals surface area contributed by atoms with Gasteiger partial charge in [-0.3, -0.25) is 0 Å². The van der Waals surface area contributed by atoms with Gasteiger partial charge in [-0.05, 0) is 29.3 Å². The fourth-order valence-electron chi connectivity index (χ4n) is 2.07. The zero-order valence-corrected chi connectivity index (χ0v) is 12.1. The van der Waals surface area contributed by atoms with E-state index in [1.54, 1.807) is 0 Å². The summed E-state index contributed by atoms with van der Waals surface area (Å²) in [6.45, 7) is 0. The molecule has 0 spiro atoms. The molecule has 2 N–H and O–H groups in total. The topological polar surface area (TPSA) is 48.6 Å². The molecule has 2 aromatic carbocycles. The molecular weight excluding hydrogens is 328 g/mol. The quantitative estimate of drug-likeness (QED) is 0.684. The van der Waals surface area contributed by atoms with Gasteiger partial charge in [0.05, 0.1) is 16.4 Å². The molecule has 1 aromatic heterocycles. The number of imidazole rings is 1. The number of aromatic nitrogens is 2. The second kappa shape index (κ2) is 4.87. The van der Waals surface area contributed by atoms with Gasteiger partial charge in [0, 0.05) is 4.47 Å². The Balaban J connectivity index is 2.08. The fraction of sp³-hybridized carbons (Fsp3) is 0.0714. The number of hydrogen-bond acceptors (Lipinski definition) is 1. The number of alkyl halides is 1. The van der Waals surface area contributed by atoms with Gasteiger partial charge >= 0.3 is 5.69 Å². The lowest BCUT2D eigenvalue weighted by Crippen LogP contribution is -1.99. The molecule has 0 aliphatic rings. The van der Waals surface area contributed by atoms with Crippen molar-refractivity contribution in [3.05, 3.63) is 68.5 Å². The summed E-state index contributed by atoms with van der Waals surface area (Å²) in [6, 6.07) is 13.5. The van der Waals surface area contributed by atoms with E-state index in [2.05, 4.69) is 25.9 Å². The number of halogens is 2. The average Bonchev–Trinajstić information content (AvgIpc) is 2.77. The predicted molar refractivity (Wildman–Crippen MR) is 80.8 cm³/mol. The van der Waals surface area contributed by atoms with E-state index < -0.39 is 0 Å². The van der Waals surface area contributed by atoms with Gasteiger partial charge in [-0.25, -0.2) is 4.79 Å². The Hall–Kier alpha value is -1.52. The van der Waals surface area contributed by atoms with Crippen molar-refractivity contribution in [1.29, 1.82) is 0 Å². The van der Waals surface area contributed by atoms with Crippen LogP contribution in [-0.4, -0.2) is 9.97 Å². The first-order valence-corrected chi connectivity index (χ1v) is 6.98. The largest absolute Gasteiger partial charge is 0.323 e. The van der Waals surface area contributed by atoms with Crippen LogP contribution in [0.25, 0.3) is 11.0 Å². The highest BCUT2D eigenvalue weighted by Gasteiger charge is 2.14. The van der Waals surface area contributed by atoms with Gasteiger partial charge < -0.3 is 9.97 Å². The second-order valence-corrected chi connectivity index (χ2v) is 5.56. The Kier molecular flexibility index (Phi) is 3.21. The van der Waals surface area contributed by atoms with Crippen molar-refractivity contribution >= 4 is 38.6 Å². The summed E-state index contributed by atoms with van der Waals surface area (Å²) in [5, 5.41) is -0.265. The molecule has 1 unspecified atom stereocenters. The molecule has 19 heavy (non-hydrogen) atoms. The van der Waals surface area contributed by atoms with Crippen LogP contribution in [0.3, 0.4) is 0 Å². The van der Waals surface area contributed by atoms with Gasteiger partial charge in [0.1, 0.15) is 0 Å². The zero-order valence-electron chi connectivity index (χ0n) is 9.78. The van der Waals surface area contributed by atoms with Crippen LogP contribution in [0.2, 0.25) is 0 Å². The van der Waals surface area contributed by atoms with E-state index in [-0.39, 0.29) is 11.1 Å². The Morgan fingerprint density at radius 3 is 2.58 bits per heavy atom. The molecule has 0 aliphatic heterocycles. The first-order chi connectivity index (χ1) is 9.15. The first-order valence-electron chi connectivity index (χ1n) is 5.75. The maximum atomic E-state index is 11.2. The lowest BCUT2D eigenvalue weighted by Gasteiger charge is -2.12. The number of nitrogens with one attached hydrogen (secondary N) is 2. The van der Waals surface area contributed by atoms with Gasteiger partial charge in [0.2, 0.25) is 0 Å². The van der Waals surface area contributed by atoms with Crippen molar-refractivity contribution < 1.29 is 0 Å². The third-order valence-electron chi connectivity index (χ3n) is 3.01. The molecule has 0 bridgehead atoms. The van der Waals surface area contributed by atoms with Crippen LogP contribution < -0.4 is 5.69 Å². The number of H-pyrrole nitrogens is 2. The molecule has 0 fully saturated rings. The molecule has 1 heterocycles. The van der Waals surface area contributed by atoms with E-state index in [0.29, 0.717) is 0 Å². The number of rotatable bonds is 2. The van der Waals surface area contributed by atoms with Crippen LogP contribution in [0.15, 0.2) is 51.7 Å². The van der Waals surface area contributed by atoms with Crippen molar-refractivity contribution in [2.45, 2.75) is 5.38 Å². The Morgan fingerprint density at radius 1 is 1.05 bits per heavy atom. The van der Waals surface area contributed by atoms with E-state index >= 15 is 0 Å². The lowest BCUT2D eigenvalue weighted by molar-refractivity contribution is 1.13. The summed E-state index contributed by atoms with van der Waals surface area (Å²) in [4.78, 5) is 16.7. The summed E-state index contributed by atoms with van der Waals surface area (Å²) in [5.74, 6) is 0. The van der Waals surface area contributed by atoms with Gasteiger partial charge in [0.15, 0.2) is 0 Å². The van der Waals surface area contributed by atoms with Crippen molar-refractivity contribution in [1.82, 2.24) is 9.97 Å². The monoisotopic (exact) mass is 336 g/mol. The minimum Gasteiger partial charge on any atom is -0.306 e. The molecule has 1 atom stereocenters.